The lowest BCUT2D eigenvalue weighted by atomic mass is 9.96. The van der Waals surface area contributed by atoms with Gasteiger partial charge in [0.25, 0.3) is 0 Å². The van der Waals surface area contributed by atoms with Crippen molar-refractivity contribution in [2.24, 2.45) is 5.92 Å². The molecule has 8 heteroatoms. The van der Waals surface area contributed by atoms with E-state index in [1.54, 1.807) is 0 Å². The van der Waals surface area contributed by atoms with Gasteiger partial charge >= 0.3 is 12.1 Å². The summed E-state index contributed by atoms with van der Waals surface area (Å²) in [6, 6.07) is 2.87. The summed E-state index contributed by atoms with van der Waals surface area (Å²) in [4.78, 5) is 24.3. The number of halogens is 3. The molecule has 1 fully saturated rings. The number of carbonyl (C=O) groups excluding carboxylic acids is 1. The molecule has 0 saturated carbocycles. The average Bonchev–Trinajstić information content (AvgIpc) is 2.86. The number of piperidine rings is 1. The highest BCUT2D eigenvalue weighted by Gasteiger charge is 2.41. The van der Waals surface area contributed by atoms with Gasteiger partial charge < -0.3 is 14.6 Å². The van der Waals surface area contributed by atoms with Crippen LogP contribution in [0, 0.1) is 5.92 Å². The first-order valence-electron chi connectivity index (χ1n) is 6.52. The molecule has 0 aromatic carbocycles. The maximum absolute atomic E-state index is 12.5. The van der Waals surface area contributed by atoms with Crippen LogP contribution in [0.25, 0.3) is 0 Å². The van der Waals surface area contributed by atoms with E-state index in [4.69, 9.17) is 5.11 Å². The fourth-order valence-electron chi connectivity index (χ4n) is 2.45. The number of carboxylic acid groups (broad SMARTS) is 1. The Morgan fingerprint density at radius 3 is 2.43 bits per heavy atom. The summed E-state index contributed by atoms with van der Waals surface area (Å²) < 4.78 is 38.9. The first-order chi connectivity index (χ1) is 9.79. The molecule has 0 unspecified atom stereocenters. The van der Waals surface area contributed by atoms with Gasteiger partial charge in [0.05, 0.1) is 5.92 Å². The third-order valence-corrected chi connectivity index (χ3v) is 3.66. The number of likely N-dealkylation sites (tertiary alicyclic amines) is 1. The van der Waals surface area contributed by atoms with Gasteiger partial charge in [-0.2, -0.15) is 13.2 Å². The molecule has 1 N–H and O–H groups in total. The van der Waals surface area contributed by atoms with Gasteiger partial charge in [-0.15, -0.1) is 0 Å². The molecule has 1 saturated heterocycles. The van der Waals surface area contributed by atoms with Crippen molar-refractivity contribution in [1.29, 1.82) is 0 Å². The number of carboxylic acids is 1. The number of amides is 1. The Morgan fingerprint density at radius 2 is 1.90 bits per heavy atom. The van der Waals surface area contributed by atoms with Gasteiger partial charge in [0.2, 0.25) is 5.91 Å². The maximum Gasteiger partial charge on any atom is 0.391 e. The topological polar surface area (TPSA) is 62.5 Å². The lowest BCUT2D eigenvalue weighted by Gasteiger charge is -2.33. The smallest absolute Gasteiger partial charge is 0.391 e. The van der Waals surface area contributed by atoms with Gasteiger partial charge in [-0.25, -0.2) is 4.79 Å². The van der Waals surface area contributed by atoms with E-state index in [9.17, 15) is 22.8 Å². The quantitative estimate of drug-likeness (QED) is 0.929. The minimum Gasteiger partial charge on any atom is -0.477 e. The second kappa shape index (κ2) is 5.79. The summed E-state index contributed by atoms with van der Waals surface area (Å²) in [6.07, 6.45) is -2.96. The van der Waals surface area contributed by atoms with E-state index in [2.05, 4.69) is 0 Å². The molecule has 116 valence electrons. The highest BCUT2D eigenvalue weighted by atomic mass is 19.4. The Morgan fingerprint density at radius 1 is 1.29 bits per heavy atom. The van der Waals surface area contributed by atoms with Crippen LogP contribution in [0.15, 0.2) is 18.3 Å². The molecule has 1 amide bonds. The molecule has 21 heavy (non-hydrogen) atoms. The van der Waals surface area contributed by atoms with Crippen LogP contribution in [-0.4, -0.2) is 45.7 Å². The van der Waals surface area contributed by atoms with Crippen molar-refractivity contribution >= 4 is 11.9 Å². The van der Waals surface area contributed by atoms with Crippen LogP contribution in [-0.2, 0) is 11.3 Å². The van der Waals surface area contributed by atoms with Gasteiger partial charge in [0.15, 0.2) is 0 Å². The summed E-state index contributed by atoms with van der Waals surface area (Å²) in [6.45, 7) is -0.0787. The molecule has 0 aliphatic carbocycles. The Labute approximate surface area is 119 Å². The number of hydrogen-bond acceptors (Lipinski definition) is 2. The molecular formula is C13H15F3N2O3. The Kier molecular flexibility index (Phi) is 4.24. The number of carbonyl (C=O) groups is 2. The van der Waals surface area contributed by atoms with Crippen LogP contribution in [0.4, 0.5) is 13.2 Å². The Hall–Kier alpha value is -1.99. The van der Waals surface area contributed by atoms with Crippen LogP contribution in [0.1, 0.15) is 23.3 Å². The summed E-state index contributed by atoms with van der Waals surface area (Å²) in [7, 11) is 0. The molecule has 0 spiro atoms. The Balaban J connectivity index is 1.94. The van der Waals surface area contributed by atoms with Crippen LogP contribution in [0.5, 0.6) is 0 Å². The fourth-order valence-corrected chi connectivity index (χ4v) is 2.45. The molecule has 1 aliphatic rings. The normalized spacial score (nSPS) is 17.0. The van der Waals surface area contributed by atoms with Crippen molar-refractivity contribution in [3.8, 4) is 0 Å². The van der Waals surface area contributed by atoms with Crippen molar-refractivity contribution in [3.05, 3.63) is 24.0 Å². The summed E-state index contributed by atoms with van der Waals surface area (Å²) in [5.74, 6) is -2.87. The molecule has 0 radical (unpaired) electrons. The summed E-state index contributed by atoms with van der Waals surface area (Å²) in [5.41, 5.74) is -0.0199. The molecule has 0 bridgehead atoms. The third kappa shape index (κ3) is 3.56. The second-order valence-corrected chi connectivity index (χ2v) is 5.02. The van der Waals surface area contributed by atoms with Gasteiger partial charge in [-0.3, -0.25) is 4.79 Å². The molecular weight excluding hydrogens is 289 g/mol. The lowest BCUT2D eigenvalue weighted by molar-refractivity contribution is -0.186. The van der Waals surface area contributed by atoms with E-state index in [-0.39, 0.29) is 44.1 Å². The molecule has 2 heterocycles. The number of aromatic carboxylic acids is 1. The summed E-state index contributed by atoms with van der Waals surface area (Å²) in [5, 5.41) is 8.93. The van der Waals surface area contributed by atoms with Crippen molar-refractivity contribution in [2.75, 3.05) is 13.1 Å². The minimum absolute atomic E-state index is 0.0199. The van der Waals surface area contributed by atoms with Crippen LogP contribution >= 0.6 is 0 Å². The maximum atomic E-state index is 12.5. The van der Waals surface area contributed by atoms with E-state index >= 15 is 0 Å². The zero-order valence-electron chi connectivity index (χ0n) is 11.1. The molecule has 5 nitrogen and oxygen atoms in total. The van der Waals surface area contributed by atoms with E-state index in [1.807, 2.05) is 0 Å². The monoisotopic (exact) mass is 304 g/mol. The number of hydrogen-bond donors (Lipinski definition) is 1. The van der Waals surface area contributed by atoms with Crippen molar-refractivity contribution in [1.82, 2.24) is 9.47 Å². The largest absolute Gasteiger partial charge is 0.477 e. The molecule has 1 aromatic heterocycles. The standard InChI is InChI=1S/C13H15F3N2O3/c14-13(15,16)9-3-6-17(7-4-9)11(19)8-18-5-1-2-10(18)12(20)21/h1-2,5,9H,3-4,6-8H2,(H,20,21). The van der Waals surface area contributed by atoms with Crippen LogP contribution in [0.3, 0.4) is 0 Å². The van der Waals surface area contributed by atoms with Gasteiger partial charge in [-0.1, -0.05) is 0 Å². The first-order valence-corrected chi connectivity index (χ1v) is 6.52. The van der Waals surface area contributed by atoms with E-state index in [1.165, 1.54) is 27.8 Å². The van der Waals surface area contributed by atoms with Crippen molar-refractivity contribution in [2.45, 2.75) is 25.6 Å². The van der Waals surface area contributed by atoms with E-state index < -0.39 is 18.1 Å². The van der Waals surface area contributed by atoms with Gasteiger partial charge in [-0.05, 0) is 25.0 Å². The van der Waals surface area contributed by atoms with Gasteiger partial charge in [0.1, 0.15) is 12.2 Å². The minimum atomic E-state index is -4.22. The molecule has 1 aromatic rings. The number of nitrogens with zero attached hydrogens (tertiary/aromatic N) is 2. The third-order valence-electron chi connectivity index (χ3n) is 3.66. The number of aromatic nitrogens is 1. The molecule has 2 rings (SSSR count). The van der Waals surface area contributed by atoms with Crippen molar-refractivity contribution in [3.63, 3.8) is 0 Å². The number of alkyl halides is 3. The van der Waals surface area contributed by atoms with Gasteiger partial charge in [0, 0.05) is 19.3 Å². The lowest BCUT2D eigenvalue weighted by Crippen LogP contribution is -2.43. The summed E-state index contributed by atoms with van der Waals surface area (Å²) >= 11 is 0. The zero-order valence-corrected chi connectivity index (χ0v) is 11.1. The van der Waals surface area contributed by atoms with Crippen LogP contribution < -0.4 is 0 Å². The second-order valence-electron chi connectivity index (χ2n) is 5.02. The van der Waals surface area contributed by atoms with E-state index in [0.29, 0.717) is 0 Å². The molecule has 0 atom stereocenters. The predicted octanol–water partition coefficient (Wildman–Crippen LogP) is 1.99. The zero-order chi connectivity index (χ0) is 15.6. The number of rotatable bonds is 3. The Bertz CT molecular complexity index is 531. The fraction of sp³-hybridized carbons (Fsp3) is 0.538. The highest BCUT2D eigenvalue weighted by Crippen LogP contribution is 2.34. The van der Waals surface area contributed by atoms with E-state index in [0.717, 1.165) is 0 Å². The van der Waals surface area contributed by atoms with Crippen LogP contribution in [0.2, 0.25) is 0 Å². The average molecular weight is 304 g/mol. The first kappa shape index (κ1) is 15.4. The van der Waals surface area contributed by atoms with Crippen molar-refractivity contribution < 1.29 is 27.9 Å². The highest BCUT2D eigenvalue weighted by molar-refractivity contribution is 5.86. The molecule has 1 aliphatic heterocycles. The predicted molar refractivity (Wildman–Crippen MR) is 66.8 cm³/mol. The SMILES string of the molecule is O=C(O)c1cccn1CC(=O)N1CCC(C(F)(F)F)CC1.